The molecule has 0 aliphatic carbocycles. The molecular weight excluding hydrogens is 285 g/mol. The highest BCUT2D eigenvalue weighted by atomic mass is 19.4. The third-order valence-corrected chi connectivity index (χ3v) is 2.74. The smallest absolute Gasteiger partial charge is 0.410 e. The quantitative estimate of drug-likeness (QED) is 0.782. The molecule has 1 fully saturated rings. The summed E-state index contributed by atoms with van der Waals surface area (Å²) < 4.78 is 41.5. The van der Waals surface area contributed by atoms with Gasteiger partial charge in [0, 0.05) is 32.7 Å². The summed E-state index contributed by atoms with van der Waals surface area (Å²) in [5.74, 6) is 0. The standard InChI is InChI=1S/C12H21F3N2O2.C2H6/c1-11(2,3)19-10(18)17-8-6-16(7-9-17)5-4-12(13,14)15;1-2/h4-9H2,1-3H3;1-2H3. The van der Waals surface area contributed by atoms with Gasteiger partial charge in [0.05, 0.1) is 6.42 Å². The number of amides is 1. The highest BCUT2D eigenvalue weighted by Crippen LogP contribution is 2.20. The van der Waals surface area contributed by atoms with Gasteiger partial charge in [0.15, 0.2) is 0 Å². The van der Waals surface area contributed by atoms with Crippen molar-refractivity contribution in [3.8, 4) is 0 Å². The van der Waals surface area contributed by atoms with Crippen molar-refractivity contribution in [2.75, 3.05) is 32.7 Å². The van der Waals surface area contributed by atoms with Gasteiger partial charge in [-0.05, 0) is 20.8 Å². The summed E-state index contributed by atoms with van der Waals surface area (Å²) in [5, 5.41) is 0. The fourth-order valence-corrected chi connectivity index (χ4v) is 1.77. The Labute approximate surface area is 125 Å². The molecule has 0 aromatic heterocycles. The first-order valence-electron chi connectivity index (χ1n) is 7.34. The average molecular weight is 312 g/mol. The third kappa shape index (κ3) is 9.55. The van der Waals surface area contributed by atoms with E-state index in [1.54, 1.807) is 25.7 Å². The normalized spacial score (nSPS) is 17.0. The highest BCUT2D eigenvalue weighted by molar-refractivity contribution is 5.68. The van der Waals surface area contributed by atoms with Crippen LogP contribution in [0, 0.1) is 0 Å². The second-order valence-electron chi connectivity index (χ2n) is 5.67. The van der Waals surface area contributed by atoms with Gasteiger partial charge < -0.3 is 9.64 Å². The lowest BCUT2D eigenvalue weighted by Gasteiger charge is -2.35. The molecule has 0 atom stereocenters. The van der Waals surface area contributed by atoms with E-state index in [0.717, 1.165) is 0 Å². The minimum absolute atomic E-state index is 0.00828. The third-order valence-electron chi connectivity index (χ3n) is 2.74. The first-order valence-corrected chi connectivity index (χ1v) is 7.34. The van der Waals surface area contributed by atoms with Crippen molar-refractivity contribution in [2.24, 2.45) is 0 Å². The molecular formula is C14H27F3N2O2. The van der Waals surface area contributed by atoms with Crippen LogP contribution in [0.3, 0.4) is 0 Å². The molecule has 0 saturated carbocycles. The van der Waals surface area contributed by atoms with Crippen molar-refractivity contribution in [3.05, 3.63) is 0 Å². The predicted octanol–water partition coefficient (Wildman–Crippen LogP) is 3.52. The van der Waals surface area contributed by atoms with Gasteiger partial charge in [-0.15, -0.1) is 0 Å². The SMILES string of the molecule is CC.CC(C)(C)OC(=O)N1CCN(CCC(F)(F)F)CC1. The summed E-state index contributed by atoms with van der Waals surface area (Å²) in [6, 6.07) is 0. The van der Waals surface area contributed by atoms with Crippen LogP contribution in [0.2, 0.25) is 0 Å². The van der Waals surface area contributed by atoms with Crippen LogP contribution < -0.4 is 0 Å². The number of halogens is 3. The monoisotopic (exact) mass is 312 g/mol. The number of piperazine rings is 1. The van der Waals surface area contributed by atoms with Crippen molar-refractivity contribution in [1.82, 2.24) is 9.80 Å². The van der Waals surface area contributed by atoms with Crippen LogP contribution in [-0.2, 0) is 4.74 Å². The first kappa shape index (κ1) is 20.0. The van der Waals surface area contributed by atoms with Crippen molar-refractivity contribution in [3.63, 3.8) is 0 Å². The zero-order valence-corrected chi connectivity index (χ0v) is 13.6. The van der Waals surface area contributed by atoms with E-state index in [0.29, 0.717) is 26.2 Å². The van der Waals surface area contributed by atoms with Gasteiger partial charge in [-0.25, -0.2) is 4.79 Å². The largest absolute Gasteiger partial charge is 0.444 e. The number of hydrogen-bond acceptors (Lipinski definition) is 3. The molecule has 0 aromatic rings. The number of carbonyl (C=O) groups is 1. The number of rotatable bonds is 2. The van der Waals surface area contributed by atoms with Gasteiger partial charge in [-0.2, -0.15) is 13.2 Å². The number of ether oxygens (including phenoxy) is 1. The molecule has 1 aliphatic heterocycles. The molecule has 0 N–H and O–H groups in total. The summed E-state index contributed by atoms with van der Waals surface area (Å²) in [6.07, 6.45) is -5.33. The summed E-state index contributed by atoms with van der Waals surface area (Å²) in [6.45, 7) is 11.1. The molecule has 0 unspecified atom stereocenters. The van der Waals surface area contributed by atoms with Gasteiger partial charge >= 0.3 is 12.3 Å². The van der Waals surface area contributed by atoms with Crippen molar-refractivity contribution < 1.29 is 22.7 Å². The zero-order valence-electron chi connectivity index (χ0n) is 13.6. The number of nitrogens with zero attached hydrogens (tertiary/aromatic N) is 2. The molecule has 1 heterocycles. The molecule has 21 heavy (non-hydrogen) atoms. The van der Waals surface area contributed by atoms with Crippen LogP contribution in [0.5, 0.6) is 0 Å². The lowest BCUT2D eigenvalue weighted by atomic mass is 10.2. The molecule has 1 amide bonds. The van der Waals surface area contributed by atoms with E-state index in [1.807, 2.05) is 13.8 Å². The van der Waals surface area contributed by atoms with Gasteiger partial charge in [-0.1, -0.05) is 13.8 Å². The van der Waals surface area contributed by atoms with Crippen molar-refractivity contribution in [1.29, 1.82) is 0 Å². The summed E-state index contributed by atoms with van der Waals surface area (Å²) in [4.78, 5) is 15.0. The Morgan fingerprint density at radius 1 is 1.05 bits per heavy atom. The van der Waals surface area contributed by atoms with E-state index >= 15 is 0 Å². The molecule has 7 heteroatoms. The molecule has 0 radical (unpaired) electrons. The van der Waals surface area contributed by atoms with Gasteiger partial charge in [-0.3, -0.25) is 4.90 Å². The van der Waals surface area contributed by atoms with E-state index in [1.165, 1.54) is 4.90 Å². The molecule has 0 bridgehead atoms. The lowest BCUT2D eigenvalue weighted by molar-refractivity contribution is -0.138. The number of alkyl halides is 3. The van der Waals surface area contributed by atoms with Crippen molar-refractivity contribution >= 4 is 6.09 Å². The van der Waals surface area contributed by atoms with E-state index in [4.69, 9.17) is 4.74 Å². The average Bonchev–Trinajstić information content (AvgIpc) is 2.36. The lowest BCUT2D eigenvalue weighted by Crippen LogP contribution is -2.50. The number of hydrogen-bond donors (Lipinski definition) is 0. The van der Waals surface area contributed by atoms with Crippen LogP contribution >= 0.6 is 0 Å². The summed E-state index contributed by atoms with van der Waals surface area (Å²) >= 11 is 0. The maximum atomic E-state index is 12.1. The maximum Gasteiger partial charge on any atom is 0.410 e. The summed E-state index contributed by atoms with van der Waals surface area (Å²) in [5.41, 5.74) is -0.551. The minimum atomic E-state index is -4.12. The Morgan fingerprint density at radius 3 is 1.90 bits per heavy atom. The van der Waals surface area contributed by atoms with Gasteiger partial charge in [0.25, 0.3) is 0 Å². The Bertz CT molecular complexity index is 306. The molecule has 126 valence electrons. The predicted molar refractivity (Wildman–Crippen MR) is 76.3 cm³/mol. The summed E-state index contributed by atoms with van der Waals surface area (Å²) in [7, 11) is 0. The molecule has 1 saturated heterocycles. The van der Waals surface area contributed by atoms with Gasteiger partial charge in [0.1, 0.15) is 5.60 Å². The second-order valence-corrected chi connectivity index (χ2v) is 5.67. The topological polar surface area (TPSA) is 32.8 Å². The molecule has 0 aromatic carbocycles. The Morgan fingerprint density at radius 2 is 1.52 bits per heavy atom. The minimum Gasteiger partial charge on any atom is -0.444 e. The second kappa shape index (κ2) is 8.46. The Balaban J connectivity index is 0.00000191. The first-order chi connectivity index (χ1) is 9.57. The highest BCUT2D eigenvalue weighted by Gasteiger charge is 2.30. The van der Waals surface area contributed by atoms with Crippen LogP contribution in [0.1, 0.15) is 41.0 Å². The Kier molecular flexibility index (Phi) is 8.06. The fourth-order valence-electron chi connectivity index (χ4n) is 1.77. The van der Waals surface area contributed by atoms with E-state index in [9.17, 15) is 18.0 Å². The van der Waals surface area contributed by atoms with Crippen LogP contribution in [-0.4, -0.2) is 60.4 Å². The van der Waals surface area contributed by atoms with Crippen molar-refractivity contribution in [2.45, 2.75) is 52.8 Å². The van der Waals surface area contributed by atoms with E-state index in [2.05, 4.69) is 0 Å². The fraction of sp³-hybridized carbons (Fsp3) is 0.929. The molecule has 1 rings (SSSR count). The molecule has 4 nitrogen and oxygen atoms in total. The Hall–Kier alpha value is -0.980. The maximum absolute atomic E-state index is 12.1. The zero-order chi connectivity index (χ0) is 16.7. The van der Waals surface area contributed by atoms with Crippen LogP contribution in [0.15, 0.2) is 0 Å². The molecule has 0 spiro atoms. The van der Waals surface area contributed by atoms with E-state index in [-0.39, 0.29) is 6.54 Å². The van der Waals surface area contributed by atoms with Crippen LogP contribution in [0.25, 0.3) is 0 Å². The van der Waals surface area contributed by atoms with E-state index < -0.39 is 24.3 Å². The number of carbonyl (C=O) groups excluding carboxylic acids is 1. The van der Waals surface area contributed by atoms with Gasteiger partial charge in [0.2, 0.25) is 0 Å². The molecule has 1 aliphatic rings. The van der Waals surface area contributed by atoms with Crippen LogP contribution in [0.4, 0.5) is 18.0 Å².